The zero-order chi connectivity index (χ0) is 13.2. The number of imide groups is 1. The average Bonchev–Trinajstić information content (AvgIpc) is 2.85. The van der Waals surface area contributed by atoms with Crippen LogP contribution in [0, 0.1) is 0 Å². The maximum absolute atomic E-state index is 11.7. The van der Waals surface area contributed by atoms with E-state index in [1.807, 2.05) is 18.2 Å². The standard InChI is InChI=1S/C13H13N3O2S/c17-12-2-1-3-13(18)16(12)7-6-9-4-5-11-10(8-9)14-15-19-11/h4-5,8H,1-3,6-7H2. The molecule has 0 N–H and O–H groups in total. The topological polar surface area (TPSA) is 63.2 Å². The third kappa shape index (κ3) is 2.49. The Morgan fingerprint density at radius 2 is 2.00 bits per heavy atom. The lowest BCUT2D eigenvalue weighted by Crippen LogP contribution is -2.41. The van der Waals surface area contributed by atoms with Gasteiger partial charge >= 0.3 is 0 Å². The van der Waals surface area contributed by atoms with E-state index in [9.17, 15) is 9.59 Å². The van der Waals surface area contributed by atoms with Gasteiger partial charge in [-0.3, -0.25) is 14.5 Å². The van der Waals surface area contributed by atoms with Crippen LogP contribution in [0.25, 0.3) is 10.2 Å². The fourth-order valence-corrected chi connectivity index (χ4v) is 2.81. The summed E-state index contributed by atoms with van der Waals surface area (Å²) < 4.78 is 4.94. The van der Waals surface area contributed by atoms with Crippen LogP contribution in [0.5, 0.6) is 0 Å². The summed E-state index contributed by atoms with van der Waals surface area (Å²) in [7, 11) is 0. The van der Waals surface area contributed by atoms with Crippen molar-refractivity contribution in [3.8, 4) is 0 Å². The van der Waals surface area contributed by atoms with Gasteiger partial charge in [0.1, 0.15) is 5.52 Å². The van der Waals surface area contributed by atoms with Gasteiger partial charge in [0, 0.05) is 19.4 Å². The molecule has 0 bridgehead atoms. The SMILES string of the molecule is O=C1CCCC(=O)N1CCc1ccc2snnc2c1. The molecule has 1 saturated heterocycles. The van der Waals surface area contributed by atoms with Gasteiger partial charge < -0.3 is 0 Å². The number of fused-ring (bicyclic) bond motifs is 1. The van der Waals surface area contributed by atoms with Crippen LogP contribution in [0.2, 0.25) is 0 Å². The molecule has 2 aromatic rings. The van der Waals surface area contributed by atoms with Crippen LogP contribution in [0.1, 0.15) is 24.8 Å². The number of benzene rings is 1. The first-order valence-corrected chi connectivity index (χ1v) is 7.05. The highest BCUT2D eigenvalue weighted by Crippen LogP contribution is 2.18. The molecular formula is C13H13N3O2S. The van der Waals surface area contributed by atoms with Crippen LogP contribution < -0.4 is 0 Å². The molecule has 1 aliphatic rings. The smallest absolute Gasteiger partial charge is 0.229 e. The van der Waals surface area contributed by atoms with Gasteiger partial charge in [-0.15, -0.1) is 5.10 Å². The average molecular weight is 275 g/mol. The molecule has 19 heavy (non-hydrogen) atoms. The lowest BCUT2D eigenvalue weighted by atomic mass is 10.1. The van der Waals surface area contributed by atoms with Crippen LogP contribution in [0.4, 0.5) is 0 Å². The van der Waals surface area contributed by atoms with E-state index in [0.717, 1.165) is 15.8 Å². The number of piperidine rings is 1. The van der Waals surface area contributed by atoms with E-state index in [0.29, 0.717) is 32.2 Å². The molecule has 5 nitrogen and oxygen atoms in total. The molecule has 2 heterocycles. The molecule has 0 radical (unpaired) electrons. The fraction of sp³-hybridized carbons (Fsp3) is 0.385. The second-order valence-electron chi connectivity index (χ2n) is 4.62. The largest absolute Gasteiger partial charge is 0.282 e. The van der Waals surface area contributed by atoms with Gasteiger partial charge in [0.25, 0.3) is 0 Å². The Kier molecular flexibility index (Phi) is 3.25. The summed E-state index contributed by atoms with van der Waals surface area (Å²) in [5.41, 5.74) is 1.95. The fourth-order valence-electron chi connectivity index (χ4n) is 2.27. The highest BCUT2D eigenvalue weighted by Gasteiger charge is 2.25. The monoisotopic (exact) mass is 275 g/mol. The van der Waals surface area contributed by atoms with Crippen LogP contribution >= 0.6 is 11.5 Å². The quantitative estimate of drug-likeness (QED) is 0.801. The third-order valence-corrected chi connectivity index (χ3v) is 4.02. The van der Waals surface area contributed by atoms with Crippen molar-refractivity contribution in [2.75, 3.05) is 6.54 Å². The van der Waals surface area contributed by atoms with Gasteiger partial charge in [0.2, 0.25) is 11.8 Å². The maximum Gasteiger partial charge on any atom is 0.229 e. The summed E-state index contributed by atoms with van der Waals surface area (Å²) >= 11 is 1.36. The van der Waals surface area contributed by atoms with Crippen LogP contribution in [-0.4, -0.2) is 32.8 Å². The van der Waals surface area contributed by atoms with E-state index < -0.39 is 0 Å². The molecule has 2 amide bonds. The van der Waals surface area contributed by atoms with Gasteiger partial charge in [-0.2, -0.15) is 0 Å². The number of hydrogen-bond donors (Lipinski definition) is 0. The summed E-state index contributed by atoms with van der Waals surface area (Å²) in [5, 5.41) is 4.03. The minimum absolute atomic E-state index is 0.0485. The normalized spacial score (nSPS) is 16.3. The molecule has 1 aromatic carbocycles. The minimum atomic E-state index is -0.0485. The first-order valence-electron chi connectivity index (χ1n) is 6.28. The van der Waals surface area contributed by atoms with Crippen molar-refractivity contribution >= 4 is 33.6 Å². The number of nitrogens with zero attached hydrogens (tertiary/aromatic N) is 3. The number of likely N-dealkylation sites (tertiary alicyclic amines) is 1. The van der Waals surface area contributed by atoms with Crippen molar-refractivity contribution in [1.82, 2.24) is 14.5 Å². The van der Waals surface area contributed by atoms with Crippen molar-refractivity contribution in [2.24, 2.45) is 0 Å². The Balaban J connectivity index is 1.71. The molecule has 1 aliphatic heterocycles. The van der Waals surface area contributed by atoms with Crippen molar-refractivity contribution in [1.29, 1.82) is 0 Å². The van der Waals surface area contributed by atoms with Gasteiger partial charge in [-0.25, -0.2) is 0 Å². The van der Waals surface area contributed by atoms with Gasteiger partial charge in [0.05, 0.1) is 4.70 Å². The molecule has 1 aromatic heterocycles. The highest BCUT2D eigenvalue weighted by atomic mass is 32.1. The van der Waals surface area contributed by atoms with E-state index in [1.54, 1.807) is 0 Å². The molecule has 0 saturated carbocycles. The van der Waals surface area contributed by atoms with Crippen molar-refractivity contribution in [3.05, 3.63) is 23.8 Å². The van der Waals surface area contributed by atoms with E-state index in [2.05, 4.69) is 9.59 Å². The van der Waals surface area contributed by atoms with Crippen molar-refractivity contribution in [3.63, 3.8) is 0 Å². The zero-order valence-electron chi connectivity index (χ0n) is 10.3. The number of rotatable bonds is 3. The Labute approximate surface area is 114 Å². The Morgan fingerprint density at radius 3 is 2.79 bits per heavy atom. The molecule has 1 fully saturated rings. The van der Waals surface area contributed by atoms with Crippen molar-refractivity contribution in [2.45, 2.75) is 25.7 Å². The molecular weight excluding hydrogens is 262 g/mol. The molecule has 6 heteroatoms. The van der Waals surface area contributed by atoms with E-state index in [4.69, 9.17) is 0 Å². The van der Waals surface area contributed by atoms with Crippen LogP contribution in [0.3, 0.4) is 0 Å². The first-order chi connectivity index (χ1) is 9.24. The summed E-state index contributed by atoms with van der Waals surface area (Å²) in [4.78, 5) is 24.7. The number of carbonyl (C=O) groups excluding carboxylic acids is 2. The summed E-state index contributed by atoms with van der Waals surface area (Å²) in [6.45, 7) is 0.459. The lowest BCUT2D eigenvalue weighted by Gasteiger charge is -2.24. The molecule has 0 spiro atoms. The number of hydrogen-bond acceptors (Lipinski definition) is 5. The minimum Gasteiger partial charge on any atom is -0.282 e. The zero-order valence-corrected chi connectivity index (χ0v) is 11.2. The summed E-state index contributed by atoms with van der Waals surface area (Å²) in [5.74, 6) is -0.0969. The molecule has 0 aliphatic carbocycles. The van der Waals surface area contributed by atoms with Gasteiger partial charge in [-0.05, 0) is 42.1 Å². The number of carbonyl (C=O) groups is 2. The Morgan fingerprint density at radius 1 is 1.21 bits per heavy atom. The third-order valence-electron chi connectivity index (χ3n) is 3.32. The number of aromatic nitrogens is 2. The van der Waals surface area contributed by atoms with Crippen LogP contribution in [0.15, 0.2) is 18.2 Å². The van der Waals surface area contributed by atoms with E-state index in [1.165, 1.54) is 16.4 Å². The Bertz CT molecular complexity index is 622. The lowest BCUT2D eigenvalue weighted by molar-refractivity contribution is -0.147. The summed E-state index contributed by atoms with van der Waals surface area (Å²) in [6, 6.07) is 5.95. The van der Waals surface area contributed by atoms with E-state index in [-0.39, 0.29) is 11.8 Å². The van der Waals surface area contributed by atoms with Gasteiger partial charge in [-0.1, -0.05) is 10.6 Å². The summed E-state index contributed by atoms with van der Waals surface area (Å²) in [6.07, 6.45) is 2.33. The second kappa shape index (κ2) is 5.05. The second-order valence-corrected chi connectivity index (χ2v) is 5.40. The maximum atomic E-state index is 11.7. The molecule has 0 unspecified atom stereocenters. The first kappa shape index (κ1) is 12.2. The predicted octanol–water partition coefficient (Wildman–Crippen LogP) is 1.77. The molecule has 0 atom stereocenters. The predicted molar refractivity (Wildman–Crippen MR) is 71.7 cm³/mol. The number of amides is 2. The highest BCUT2D eigenvalue weighted by molar-refractivity contribution is 7.12. The van der Waals surface area contributed by atoms with E-state index >= 15 is 0 Å². The molecule has 98 valence electrons. The Hall–Kier alpha value is -1.82. The van der Waals surface area contributed by atoms with Gasteiger partial charge in [0.15, 0.2) is 0 Å². The van der Waals surface area contributed by atoms with Crippen LogP contribution in [-0.2, 0) is 16.0 Å². The molecule has 3 rings (SSSR count). The van der Waals surface area contributed by atoms with Crippen molar-refractivity contribution < 1.29 is 9.59 Å².